The number of carbonyl (C=O) groups is 1. The topological polar surface area (TPSA) is 112 Å². The molecule has 0 radical (unpaired) electrons. The maximum atomic E-state index is 11.4. The Bertz CT molecular complexity index is 569. The van der Waals surface area contributed by atoms with E-state index in [0.717, 1.165) is 11.8 Å². The van der Waals surface area contributed by atoms with Crippen molar-refractivity contribution in [2.45, 2.75) is 16.7 Å². The van der Waals surface area contributed by atoms with Crippen LogP contribution < -0.4 is 10.9 Å². The number of rotatable bonds is 4. The Labute approximate surface area is 110 Å². The SMILES string of the molecule is COC(=O)CSc1cc(N)cc(S(N)(=O)=O)c1C. The molecule has 4 N–H and O–H groups in total. The summed E-state index contributed by atoms with van der Waals surface area (Å²) in [6.07, 6.45) is 0. The minimum Gasteiger partial charge on any atom is -0.468 e. The Morgan fingerprint density at radius 3 is 2.56 bits per heavy atom. The van der Waals surface area contributed by atoms with Gasteiger partial charge >= 0.3 is 5.97 Å². The van der Waals surface area contributed by atoms with Gasteiger partial charge in [0.25, 0.3) is 0 Å². The molecular formula is C10H14N2O4S2. The Kier molecular flexibility index (Phi) is 4.60. The fourth-order valence-electron chi connectivity index (χ4n) is 1.32. The van der Waals surface area contributed by atoms with Gasteiger partial charge in [-0.25, -0.2) is 13.6 Å². The normalized spacial score (nSPS) is 11.3. The van der Waals surface area contributed by atoms with Crippen molar-refractivity contribution in [3.8, 4) is 0 Å². The number of anilines is 1. The molecule has 0 bridgehead atoms. The number of hydrogen-bond donors (Lipinski definition) is 2. The summed E-state index contributed by atoms with van der Waals surface area (Å²) in [5, 5.41) is 5.09. The summed E-state index contributed by atoms with van der Waals surface area (Å²) in [7, 11) is -2.55. The van der Waals surface area contributed by atoms with Crippen LogP contribution in [0.15, 0.2) is 21.9 Å². The van der Waals surface area contributed by atoms with E-state index in [1.165, 1.54) is 13.2 Å². The van der Waals surface area contributed by atoms with Gasteiger partial charge in [0.15, 0.2) is 0 Å². The summed E-state index contributed by atoms with van der Waals surface area (Å²) in [5.41, 5.74) is 6.36. The Balaban J connectivity index is 3.14. The second kappa shape index (κ2) is 5.59. The molecule has 0 saturated heterocycles. The number of thioether (sulfide) groups is 1. The maximum absolute atomic E-state index is 11.4. The molecule has 100 valence electrons. The molecule has 0 aliphatic heterocycles. The number of sulfonamides is 1. The molecule has 1 aromatic rings. The Morgan fingerprint density at radius 1 is 1.44 bits per heavy atom. The van der Waals surface area contributed by atoms with Gasteiger partial charge in [-0.2, -0.15) is 0 Å². The molecule has 8 heteroatoms. The van der Waals surface area contributed by atoms with Gasteiger partial charge in [0.2, 0.25) is 10.0 Å². The molecule has 0 aliphatic carbocycles. The zero-order valence-electron chi connectivity index (χ0n) is 9.97. The number of methoxy groups -OCH3 is 1. The number of benzene rings is 1. The molecule has 0 fully saturated rings. The van der Waals surface area contributed by atoms with Crippen LogP contribution in [0.5, 0.6) is 0 Å². The molecule has 0 amide bonds. The molecule has 0 unspecified atom stereocenters. The monoisotopic (exact) mass is 290 g/mol. The number of nitrogen functional groups attached to an aromatic ring is 1. The smallest absolute Gasteiger partial charge is 0.315 e. The molecule has 0 saturated carbocycles. The van der Waals surface area contributed by atoms with E-state index in [9.17, 15) is 13.2 Å². The number of ether oxygens (including phenoxy) is 1. The third-order valence-electron chi connectivity index (χ3n) is 2.21. The number of carbonyl (C=O) groups excluding carboxylic acids is 1. The second-order valence-electron chi connectivity index (χ2n) is 3.55. The standard InChI is InChI=1S/C10H14N2O4S2/c1-6-8(17-5-10(13)16-2)3-7(11)4-9(6)18(12,14)15/h3-4H,5,11H2,1-2H3,(H2,12,14,15). The summed E-state index contributed by atoms with van der Waals surface area (Å²) >= 11 is 1.15. The molecular weight excluding hydrogens is 276 g/mol. The average molecular weight is 290 g/mol. The predicted molar refractivity (Wildman–Crippen MR) is 69.7 cm³/mol. The van der Waals surface area contributed by atoms with Crippen molar-refractivity contribution in [2.75, 3.05) is 18.6 Å². The van der Waals surface area contributed by atoms with Crippen LogP contribution in [0, 0.1) is 6.92 Å². The van der Waals surface area contributed by atoms with Gasteiger partial charge in [-0.3, -0.25) is 4.79 Å². The predicted octanol–water partition coefficient (Wildman–Crippen LogP) is 0.490. The lowest BCUT2D eigenvalue weighted by atomic mass is 10.2. The lowest BCUT2D eigenvalue weighted by molar-refractivity contribution is -0.137. The van der Waals surface area contributed by atoms with E-state index >= 15 is 0 Å². The van der Waals surface area contributed by atoms with E-state index in [0.29, 0.717) is 10.5 Å². The van der Waals surface area contributed by atoms with E-state index in [4.69, 9.17) is 10.9 Å². The first-order chi connectivity index (χ1) is 8.25. The highest BCUT2D eigenvalue weighted by atomic mass is 32.2. The minimum absolute atomic E-state index is 0.0325. The van der Waals surface area contributed by atoms with Crippen molar-refractivity contribution < 1.29 is 17.9 Å². The number of hydrogen-bond acceptors (Lipinski definition) is 6. The molecule has 1 rings (SSSR count). The lowest BCUT2D eigenvalue weighted by Crippen LogP contribution is -2.14. The van der Waals surface area contributed by atoms with Gasteiger partial charge in [0, 0.05) is 10.6 Å². The van der Waals surface area contributed by atoms with Crippen molar-refractivity contribution in [3.63, 3.8) is 0 Å². The van der Waals surface area contributed by atoms with E-state index in [2.05, 4.69) is 4.74 Å². The Morgan fingerprint density at radius 2 is 2.06 bits per heavy atom. The van der Waals surface area contributed by atoms with Gasteiger partial charge in [-0.1, -0.05) is 0 Å². The molecule has 6 nitrogen and oxygen atoms in total. The van der Waals surface area contributed by atoms with Gasteiger partial charge in [-0.15, -0.1) is 11.8 Å². The van der Waals surface area contributed by atoms with Crippen molar-refractivity contribution in [1.82, 2.24) is 0 Å². The number of nitrogens with two attached hydrogens (primary N) is 2. The molecule has 0 heterocycles. The largest absolute Gasteiger partial charge is 0.468 e. The van der Waals surface area contributed by atoms with Crippen LogP contribution in [0.3, 0.4) is 0 Å². The highest BCUT2D eigenvalue weighted by Crippen LogP contribution is 2.29. The summed E-state index contributed by atoms with van der Waals surface area (Å²) in [6.45, 7) is 1.61. The molecule has 18 heavy (non-hydrogen) atoms. The van der Waals surface area contributed by atoms with Gasteiger partial charge in [-0.05, 0) is 24.6 Å². The van der Waals surface area contributed by atoms with Crippen molar-refractivity contribution in [3.05, 3.63) is 17.7 Å². The first kappa shape index (κ1) is 14.8. The first-order valence-corrected chi connectivity index (χ1v) is 7.41. The second-order valence-corrected chi connectivity index (χ2v) is 6.10. The van der Waals surface area contributed by atoms with Crippen LogP contribution in [-0.4, -0.2) is 27.2 Å². The highest BCUT2D eigenvalue weighted by molar-refractivity contribution is 8.00. The molecule has 0 spiro atoms. The molecule has 0 aliphatic rings. The van der Waals surface area contributed by atoms with Crippen molar-refractivity contribution in [2.24, 2.45) is 5.14 Å². The van der Waals surface area contributed by atoms with Crippen LogP contribution in [0.1, 0.15) is 5.56 Å². The highest BCUT2D eigenvalue weighted by Gasteiger charge is 2.16. The third-order valence-corrected chi connectivity index (χ3v) is 4.37. The van der Waals surface area contributed by atoms with E-state index in [-0.39, 0.29) is 16.3 Å². The fraction of sp³-hybridized carbons (Fsp3) is 0.300. The Hall–Kier alpha value is -1.25. The molecule has 1 aromatic carbocycles. The maximum Gasteiger partial charge on any atom is 0.315 e. The number of primary sulfonamides is 1. The molecule has 0 atom stereocenters. The van der Waals surface area contributed by atoms with E-state index < -0.39 is 16.0 Å². The van der Waals surface area contributed by atoms with Crippen LogP contribution in [-0.2, 0) is 19.6 Å². The fourth-order valence-corrected chi connectivity index (χ4v) is 3.16. The summed E-state index contributed by atoms with van der Waals surface area (Å²) in [5.74, 6) is -0.329. The zero-order valence-corrected chi connectivity index (χ0v) is 11.6. The van der Waals surface area contributed by atoms with Crippen molar-refractivity contribution in [1.29, 1.82) is 0 Å². The van der Waals surface area contributed by atoms with Gasteiger partial charge in [0.1, 0.15) is 0 Å². The van der Waals surface area contributed by atoms with Crippen LogP contribution in [0.4, 0.5) is 5.69 Å². The summed E-state index contributed by atoms with van der Waals surface area (Å²) in [4.78, 5) is 11.6. The molecule has 0 aromatic heterocycles. The third kappa shape index (κ3) is 3.62. The van der Waals surface area contributed by atoms with E-state index in [1.54, 1.807) is 13.0 Å². The summed E-state index contributed by atoms with van der Waals surface area (Å²) in [6, 6.07) is 2.89. The first-order valence-electron chi connectivity index (χ1n) is 4.88. The quantitative estimate of drug-likeness (QED) is 0.474. The van der Waals surface area contributed by atoms with Gasteiger partial charge < -0.3 is 10.5 Å². The van der Waals surface area contributed by atoms with Crippen LogP contribution in [0.25, 0.3) is 0 Å². The minimum atomic E-state index is -3.83. The van der Waals surface area contributed by atoms with Crippen LogP contribution >= 0.6 is 11.8 Å². The van der Waals surface area contributed by atoms with Crippen LogP contribution in [0.2, 0.25) is 0 Å². The van der Waals surface area contributed by atoms with Gasteiger partial charge in [0.05, 0.1) is 17.8 Å². The van der Waals surface area contributed by atoms with Crippen molar-refractivity contribution >= 4 is 33.4 Å². The summed E-state index contributed by atoms with van der Waals surface area (Å²) < 4.78 is 27.3. The average Bonchev–Trinajstić information content (AvgIpc) is 2.27. The lowest BCUT2D eigenvalue weighted by Gasteiger charge is -2.10. The zero-order chi connectivity index (χ0) is 13.9. The van der Waals surface area contributed by atoms with E-state index in [1.807, 2.05) is 0 Å². The number of esters is 1.